The van der Waals surface area contributed by atoms with Crippen molar-refractivity contribution in [3.63, 3.8) is 0 Å². The Kier molecular flexibility index (Phi) is 4.19. The third-order valence-electron chi connectivity index (χ3n) is 3.37. The van der Waals surface area contributed by atoms with Gasteiger partial charge in [0.15, 0.2) is 18.1 Å². The van der Waals surface area contributed by atoms with Crippen molar-refractivity contribution in [1.82, 2.24) is 9.88 Å². The number of nitrogens with zero attached hydrogens (tertiary/aromatic N) is 1. The van der Waals surface area contributed by atoms with Crippen LogP contribution in [0, 0.1) is 0 Å². The van der Waals surface area contributed by atoms with Crippen LogP contribution in [-0.2, 0) is 16.6 Å². The van der Waals surface area contributed by atoms with Crippen LogP contribution in [0.1, 0.15) is 20.8 Å². The molecule has 0 fully saturated rings. The molecule has 1 aromatic carbocycles. The average molecular weight is 330 g/mol. The molecule has 3 rings (SSSR count). The van der Waals surface area contributed by atoms with Crippen molar-refractivity contribution in [3.8, 4) is 11.5 Å². The van der Waals surface area contributed by atoms with Crippen LogP contribution in [0.2, 0.25) is 0 Å². The van der Waals surface area contributed by atoms with Gasteiger partial charge >= 0.3 is 5.97 Å². The maximum atomic E-state index is 11.9. The van der Waals surface area contributed by atoms with Gasteiger partial charge in [0.05, 0.1) is 5.56 Å². The zero-order chi connectivity index (χ0) is 17.1. The Morgan fingerprint density at radius 3 is 2.75 bits per heavy atom. The number of imide groups is 1. The van der Waals surface area contributed by atoms with Gasteiger partial charge in [-0.1, -0.05) is 0 Å². The van der Waals surface area contributed by atoms with Crippen LogP contribution in [-0.4, -0.2) is 35.8 Å². The first-order valence-electron chi connectivity index (χ1n) is 7.07. The minimum atomic E-state index is -0.713. The number of aromatic nitrogens is 1. The highest BCUT2D eigenvalue weighted by Crippen LogP contribution is 2.32. The average Bonchev–Trinajstić information content (AvgIpc) is 3.20. The summed E-state index contributed by atoms with van der Waals surface area (Å²) < 4.78 is 16.8. The summed E-state index contributed by atoms with van der Waals surface area (Å²) in [5.41, 5.74) is 0.547. The lowest BCUT2D eigenvalue weighted by molar-refractivity contribution is -0.123. The molecule has 0 spiro atoms. The van der Waals surface area contributed by atoms with Crippen LogP contribution in [0.25, 0.3) is 0 Å². The fraction of sp³-hybridized carbons (Fsp3) is 0.188. The topological polar surface area (TPSA) is 95.9 Å². The summed E-state index contributed by atoms with van der Waals surface area (Å²) in [5, 5.41) is 2.15. The van der Waals surface area contributed by atoms with E-state index in [1.54, 1.807) is 36.0 Å². The fourth-order valence-corrected chi connectivity index (χ4v) is 2.16. The number of hydrogen-bond donors (Lipinski definition) is 1. The van der Waals surface area contributed by atoms with Crippen molar-refractivity contribution in [2.75, 3.05) is 13.4 Å². The van der Waals surface area contributed by atoms with E-state index in [0.29, 0.717) is 17.2 Å². The number of carbonyl (C=O) groups excluding carboxylic acids is 3. The third kappa shape index (κ3) is 3.22. The highest BCUT2D eigenvalue weighted by Gasteiger charge is 2.18. The number of rotatable bonds is 4. The number of aryl methyl sites for hydroxylation is 1. The van der Waals surface area contributed by atoms with E-state index in [2.05, 4.69) is 5.32 Å². The summed E-state index contributed by atoms with van der Waals surface area (Å²) in [7, 11) is 1.68. The number of fused-ring (bicyclic) bond motifs is 1. The van der Waals surface area contributed by atoms with E-state index in [-0.39, 0.29) is 12.4 Å². The van der Waals surface area contributed by atoms with Crippen molar-refractivity contribution in [3.05, 3.63) is 47.8 Å². The molecule has 8 nitrogen and oxygen atoms in total. The van der Waals surface area contributed by atoms with Crippen LogP contribution >= 0.6 is 0 Å². The number of ether oxygens (including phenoxy) is 3. The van der Waals surface area contributed by atoms with Crippen molar-refractivity contribution < 1.29 is 28.6 Å². The summed E-state index contributed by atoms with van der Waals surface area (Å²) >= 11 is 0. The second kappa shape index (κ2) is 6.45. The molecule has 0 saturated heterocycles. The van der Waals surface area contributed by atoms with E-state index < -0.39 is 24.4 Å². The van der Waals surface area contributed by atoms with Gasteiger partial charge in [0, 0.05) is 13.2 Å². The van der Waals surface area contributed by atoms with Gasteiger partial charge in [-0.15, -0.1) is 0 Å². The second-order valence-corrected chi connectivity index (χ2v) is 5.03. The molecular formula is C16H14N2O6. The minimum Gasteiger partial charge on any atom is -0.454 e. The zero-order valence-corrected chi connectivity index (χ0v) is 12.8. The molecule has 0 bridgehead atoms. The Labute approximate surface area is 136 Å². The Morgan fingerprint density at radius 1 is 1.21 bits per heavy atom. The van der Waals surface area contributed by atoms with Crippen LogP contribution in [0.4, 0.5) is 0 Å². The molecular weight excluding hydrogens is 316 g/mol. The lowest BCUT2D eigenvalue weighted by Crippen LogP contribution is -2.35. The van der Waals surface area contributed by atoms with E-state index in [4.69, 9.17) is 14.2 Å². The Balaban J connectivity index is 1.53. The van der Waals surface area contributed by atoms with Crippen LogP contribution in [0.15, 0.2) is 36.5 Å². The van der Waals surface area contributed by atoms with Crippen LogP contribution in [0.5, 0.6) is 11.5 Å². The van der Waals surface area contributed by atoms with Crippen molar-refractivity contribution in [2.24, 2.45) is 7.05 Å². The van der Waals surface area contributed by atoms with Gasteiger partial charge < -0.3 is 18.8 Å². The van der Waals surface area contributed by atoms with E-state index in [0.717, 1.165) is 0 Å². The molecule has 0 atom stereocenters. The number of hydrogen-bond acceptors (Lipinski definition) is 6. The van der Waals surface area contributed by atoms with Crippen LogP contribution in [0.3, 0.4) is 0 Å². The van der Waals surface area contributed by atoms with Crippen molar-refractivity contribution in [2.45, 2.75) is 0 Å². The lowest BCUT2D eigenvalue weighted by atomic mass is 10.2. The molecule has 0 saturated carbocycles. The quantitative estimate of drug-likeness (QED) is 0.836. The largest absolute Gasteiger partial charge is 0.454 e. The highest BCUT2D eigenvalue weighted by molar-refractivity contribution is 6.04. The van der Waals surface area contributed by atoms with Gasteiger partial charge in [-0.2, -0.15) is 0 Å². The van der Waals surface area contributed by atoms with E-state index in [1.807, 2.05) is 0 Å². The lowest BCUT2D eigenvalue weighted by Gasteiger charge is -2.07. The normalized spacial score (nSPS) is 11.9. The van der Waals surface area contributed by atoms with Gasteiger partial charge in [0.2, 0.25) is 6.79 Å². The predicted molar refractivity (Wildman–Crippen MR) is 80.7 cm³/mol. The summed E-state index contributed by atoms with van der Waals surface area (Å²) in [5.74, 6) is -0.998. The fourth-order valence-electron chi connectivity index (χ4n) is 2.16. The Hall–Kier alpha value is -3.29. The van der Waals surface area contributed by atoms with Crippen LogP contribution < -0.4 is 14.8 Å². The molecule has 8 heteroatoms. The molecule has 24 heavy (non-hydrogen) atoms. The number of esters is 1. The molecule has 1 aromatic heterocycles. The van der Waals surface area contributed by atoms with Crippen molar-refractivity contribution in [1.29, 1.82) is 0 Å². The molecule has 1 aliphatic heterocycles. The molecule has 1 aliphatic rings. The molecule has 2 aromatic rings. The molecule has 0 aliphatic carbocycles. The van der Waals surface area contributed by atoms with E-state index >= 15 is 0 Å². The standard InChI is InChI=1S/C16H14N2O6/c1-18-6-2-3-11(18)15(20)17-14(19)8-22-16(21)10-4-5-12-13(7-10)24-9-23-12/h2-7H,8-9H2,1H3,(H,17,19,20). The number of amides is 2. The number of benzene rings is 1. The minimum absolute atomic E-state index is 0.0947. The highest BCUT2D eigenvalue weighted by atomic mass is 16.7. The molecule has 2 heterocycles. The zero-order valence-electron chi connectivity index (χ0n) is 12.8. The maximum Gasteiger partial charge on any atom is 0.338 e. The third-order valence-corrected chi connectivity index (χ3v) is 3.37. The summed E-state index contributed by atoms with van der Waals surface area (Å²) in [6, 6.07) is 7.80. The Morgan fingerprint density at radius 2 is 2.00 bits per heavy atom. The van der Waals surface area contributed by atoms with E-state index in [1.165, 1.54) is 12.1 Å². The molecule has 0 radical (unpaired) electrons. The molecule has 0 unspecified atom stereocenters. The number of carbonyl (C=O) groups is 3. The first-order chi connectivity index (χ1) is 11.5. The smallest absolute Gasteiger partial charge is 0.338 e. The summed E-state index contributed by atoms with van der Waals surface area (Å²) in [6.07, 6.45) is 1.68. The second-order valence-electron chi connectivity index (χ2n) is 5.03. The van der Waals surface area contributed by atoms with Gasteiger partial charge in [-0.05, 0) is 30.3 Å². The first kappa shape index (κ1) is 15.6. The van der Waals surface area contributed by atoms with Crippen molar-refractivity contribution >= 4 is 17.8 Å². The van der Waals surface area contributed by atoms with Gasteiger partial charge in [-0.3, -0.25) is 14.9 Å². The SMILES string of the molecule is Cn1cccc1C(=O)NC(=O)COC(=O)c1ccc2c(c1)OCO2. The maximum absolute atomic E-state index is 11.9. The van der Waals surface area contributed by atoms with E-state index in [9.17, 15) is 14.4 Å². The summed E-state index contributed by atoms with van der Waals surface area (Å²) in [4.78, 5) is 35.5. The predicted octanol–water partition coefficient (Wildman–Crippen LogP) is 0.867. The molecule has 124 valence electrons. The number of nitrogens with one attached hydrogen (secondary N) is 1. The molecule has 2 amide bonds. The first-order valence-corrected chi connectivity index (χ1v) is 7.07. The molecule has 1 N–H and O–H groups in total. The summed E-state index contributed by atoms with van der Waals surface area (Å²) in [6.45, 7) is -0.471. The van der Waals surface area contributed by atoms with Gasteiger partial charge in [0.1, 0.15) is 5.69 Å². The van der Waals surface area contributed by atoms with Gasteiger partial charge in [-0.25, -0.2) is 4.79 Å². The monoisotopic (exact) mass is 330 g/mol. The van der Waals surface area contributed by atoms with Gasteiger partial charge in [0.25, 0.3) is 11.8 Å². The Bertz CT molecular complexity index is 811.